The van der Waals surface area contributed by atoms with E-state index in [1.54, 1.807) is 0 Å². The van der Waals surface area contributed by atoms with E-state index in [1.807, 2.05) is 11.3 Å². The summed E-state index contributed by atoms with van der Waals surface area (Å²) in [6, 6.07) is 31.3. The number of aryl methyl sites for hydroxylation is 1. The van der Waals surface area contributed by atoms with E-state index >= 15 is 0 Å². The highest BCUT2D eigenvalue weighted by Gasteiger charge is 2.36. The van der Waals surface area contributed by atoms with Gasteiger partial charge in [0, 0.05) is 26.7 Å². The molecule has 4 aromatic carbocycles. The Bertz CT molecular complexity index is 1850. The van der Waals surface area contributed by atoms with Crippen molar-refractivity contribution < 1.29 is 0 Å². The number of fused-ring (bicyclic) bond motifs is 5. The van der Waals surface area contributed by atoms with Gasteiger partial charge in [0.15, 0.2) is 0 Å². The minimum Gasteiger partial charge on any atom is -0.359 e. The Labute approximate surface area is 234 Å². The molecule has 0 amide bonds. The molecule has 0 aliphatic carbocycles. The fourth-order valence-electron chi connectivity index (χ4n) is 6.16. The summed E-state index contributed by atoms with van der Waals surface area (Å²) in [5.41, 5.74) is 8.87. The third-order valence-electron chi connectivity index (χ3n) is 8.09. The highest BCUT2D eigenvalue weighted by atomic mass is 32.1. The van der Waals surface area contributed by atoms with E-state index in [2.05, 4.69) is 130 Å². The van der Waals surface area contributed by atoms with Crippen molar-refractivity contribution in [3.05, 3.63) is 107 Å². The number of para-hydroxylation sites is 1. The molecule has 0 spiro atoms. The normalized spacial score (nSPS) is 15.2. The van der Waals surface area contributed by atoms with Gasteiger partial charge in [-0.25, -0.2) is 4.98 Å². The summed E-state index contributed by atoms with van der Waals surface area (Å²) in [7, 11) is 0. The summed E-state index contributed by atoms with van der Waals surface area (Å²) in [5.74, 6) is 0.798. The molecule has 194 valence electrons. The number of nitrogens with zero attached hydrogens (tertiary/aromatic N) is 2. The molecule has 1 unspecified atom stereocenters. The Morgan fingerprint density at radius 3 is 2.18 bits per heavy atom. The van der Waals surface area contributed by atoms with Gasteiger partial charge in [0.05, 0.1) is 17.1 Å². The first kappa shape index (κ1) is 24.2. The molecule has 1 N–H and O–H groups in total. The molecule has 1 aliphatic rings. The van der Waals surface area contributed by atoms with Gasteiger partial charge in [-0.15, -0.1) is 11.3 Å². The number of nitrogens with one attached hydrogen (secondary N) is 1. The first-order chi connectivity index (χ1) is 18.9. The Morgan fingerprint density at radius 2 is 1.46 bits per heavy atom. The summed E-state index contributed by atoms with van der Waals surface area (Å²) in [5, 5.41) is 9.02. The molecule has 2 aromatic heterocycles. The fourth-order valence-corrected chi connectivity index (χ4v) is 7.42. The van der Waals surface area contributed by atoms with Crippen molar-refractivity contribution in [1.82, 2.24) is 4.98 Å². The van der Waals surface area contributed by atoms with E-state index in [1.165, 1.54) is 60.0 Å². The summed E-state index contributed by atoms with van der Waals surface area (Å²) in [6.07, 6.45) is -0.0351. The monoisotopic (exact) mass is 527 g/mol. The number of pyridine rings is 1. The second kappa shape index (κ2) is 9.10. The van der Waals surface area contributed by atoms with Crippen molar-refractivity contribution in [3.63, 3.8) is 0 Å². The Hall–Kier alpha value is -3.89. The third kappa shape index (κ3) is 3.81. The van der Waals surface area contributed by atoms with Crippen molar-refractivity contribution in [2.75, 3.05) is 10.2 Å². The molecular weight excluding hydrogens is 494 g/mol. The molecule has 3 heterocycles. The molecule has 7 rings (SSSR count). The average molecular weight is 528 g/mol. The van der Waals surface area contributed by atoms with Crippen LogP contribution in [0, 0.1) is 6.92 Å². The maximum absolute atomic E-state index is 4.89. The maximum atomic E-state index is 4.89. The predicted octanol–water partition coefficient (Wildman–Crippen LogP) is 10.4. The summed E-state index contributed by atoms with van der Waals surface area (Å²) >= 11 is 1.81. The van der Waals surface area contributed by atoms with E-state index in [0.717, 1.165) is 10.5 Å². The van der Waals surface area contributed by atoms with Gasteiger partial charge >= 0.3 is 0 Å². The van der Waals surface area contributed by atoms with Crippen LogP contribution in [0.2, 0.25) is 0 Å². The highest BCUT2D eigenvalue weighted by Crippen LogP contribution is 2.53. The number of aromatic nitrogens is 1. The van der Waals surface area contributed by atoms with Crippen LogP contribution in [0.15, 0.2) is 84.9 Å². The van der Waals surface area contributed by atoms with Gasteiger partial charge in [-0.2, -0.15) is 0 Å². The van der Waals surface area contributed by atoms with Gasteiger partial charge in [0.1, 0.15) is 11.0 Å². The minimum absolute atomic E-state index is 0.0351. The molecular formula is C35H33N3S. The van der Waals surface area contributed by atoms with Crippen molar-refractivity contribution >= 4 is 59.5 Å². The second-order valence-corrected chi connectivity index (χ2v) is 12.4. The van der Waals surface area contributed by atoms with Crippen molar-refractivity contribution in [1.29, 1.82) is 0 Å². The van der Waals surface area contributed by atoms with Crippen LogP contribution < -0.4 is 10.2 Å². The number of anilines is 3. The van der Waals surface area contributed by atoms with E-state index in [-0.39, 0.29) is 6.17 Å². The Balaban J connectivity index is 1.54. The molecule has 39 heavy (non-hydrogen) atoms. The standard InChI is InChI=1S/C35H33N3S/c1-20(2)25-12-8-13-26(21(3)4)32(25)38-31-19-24-11-7-6-10-23(24)18-30(31)37-34(38)29-15-9-14-27-28-17-16-22(5)36-35(28)39-33(27)29/h6-21,34,37H,1-5H3. The minimum atomic E-state index is -0.0351. The molecule has 0 radical (unpaired) electrons. The van der Waals surface area contributed by atoms with Crippen molar-refractivity contribution in [2.45, 2.75) is 52.6 Å². The molecule has 1 atom stereocenters. The fraction of sp³-hybridized carbons (Fsp3) is 0.229. The lowest BCUT2D eigenvalue weighted by Crippen LogP contribution is -2.26. The van der Waals surface area contributed by atoms with E-state index in [4.69, 9.17) is 4.98 Å². The zero-order chi connectivity index (χ0) is 26.8. The number of hydrogen-bond acceptors (Lipinski definition) is 4. The zero-order valence-electron chi connectivity index (χ0n) is 23.1. The van der Waals surface area contributed by atoms with E-state index in [9.17, 15) is 0 Å². The predicted molar refractivity (Wildman–Crippen MR) is 169 cm³/mol. The summed E-state index contributed by atoms with van der Waals surface area (Å²) in [4.78, 5) is 8.59. The van der Waals surface area contributed by atoms with Gasteiger partial charge in [0.2, 0.25) is 0 Å². The van der Waals surface area contributed by atoms with Crippen LogP contribution in [0.4, 0.5) is 17.1 Å². The molecule has 0 saturated heterocycles. The number of benzene rings is 4. The number of rotatable bonds is 4. The van der Waals surface area contributed by atoms with Gasteiger partial charge in [-0.3, -0.25) is 0 Å². The summed E-state index contributed by atoms with van der Waals surface area (Å²) in [6.45, 7) is 11.3. The second-order valence-electron chi connectivity index (χ2n) is 11.4. The molecule has 0 saturated carbocycles. The van der Waals surface area contributed by atoms with Crippen LogP contribution in [-0.4, -0.2) is 4.98 Å². The topological polar surface area (TPSA) is 28.2 Å². The van der Waals surface area contributed by atoms with Crippen LogP contribution in [0.1, 0.15) is 68.1 Å². The van der Waals surface area contributed by atoms with Crippen molar-refractivity contribution in [3.8, 4) is 0 Å². The molecule has 1 aliphatic heterocycles. The van der Waals surface area contributed by atoms with E-state index < -0.39 is 0 Å². The zero-order valence-corrected chi connectivity index (χ0v) is 23.9. The average Bonchev–Trinajstić information content (AvgIpc) is 3.48. The lowest BCUT2D eigenvalue weighted by Gasteiger charge is -2.33. The van der Waals surface area contributed by atoms with Crippen LogP contribution >= 0.6 is 11.3 Å². The first-order valence-corrected chi connectivity index (χ1v) is 14.7. The quantitative estimate of drug-likeness (QED) is 0.247. The molecule has 3 nitrogen and oxygen atoms in total. The third-order valence-corrected chi connectivity index (χ3v) is 9.25. The number of thiophene rings is 1. The smallest absolute Gasteiger partial charge is 0.132 e. The molecule has 6 aromatic rings. The summed E-state index contributed by atoms with van der Waals surface area (Å²) < 4.78 is 1.30. The van der Waals surface area contributed by atoms with Crippen LogP contribution in [0.5, 0.6) is 0 Å². The molecule has 0 bridgehead atoms. The lowest BCUT2D eigenvalue weighted by atomic mass is 9.91. The van der Waals surface area contributed by atoms with Gasteiger partial charge in [-0.1, -0.05) is 88.4 Å². The highest BCUT2D eigenvalue weighted by molar-refractivity contribution is 7.25. The van der Waals surface area contributed by atoms with Gasteiger partial charge in [0.25, 0.3) is 0 Å². The van der Waals surface area contributed by atoms with Crippen LogP contribution in [0.3, 0.4) is 0 Å². The van der Waals surface area contributed by atoms with Gasteiger partial charge in [-0.05, 0) is 64.9 Å². The van der Waals surface area contributed by atoms with E-state index in [0.29, 0.717) is 11.8 Å². The Kier molecular flexibility index (Phi) is 5.64. The van der Waals surface area contributed by atoms with Crippen LogP contribution in [-0.2, 0) is 0 Å². The molecule has 4 heteroatoms. The van der Waals surface area contributed by atoms with Crippen LogP contribution in [0.25, 0.3) is 31.1 Å². The SMILES string of the molecule is Cc1ccc2c(n1)sc1c(C3Nc4cc5ccccc5cc4N3c3c(C(C)C)cccc3C(C)C)cccc12. The number of hydrogen-bond donors (Lipinski definition) is 1. The Morgan fingerprint density at radius 1 is 0.769 bits per heavy atom. The largest absolute Gasteiger partial charge is 0.359 e. The van der Waals surface area contributed by atoms with Gasteiger partial charge < -0.3 is 10.2 Å². The lowest BCUT2D eigenvalue weighted by molar-refractivity contribution is 0.780. The maximum Gasteiger partial charge on any atom is 0.132 e. The van der Waals surface area contributed by atoms with Crippen molar-refractivity contribution in [2.24, 2.45) is 0 Å². The molecule has 0 fully saturated rings. The first-order valence-electron chi connectivity index (χ1n) is 13.9.